The van der Waals surface area contributed by atoms with Crippen LogP contribution >= 0.6 is 7.82 Å². The number of likely N-dealkylation sites (N-methyl/N-ethyl adjacent to an activating group) is 1. The molecule has 0 aliphatic rings. The number of unbranched alkanes of at least 4 members (excludes halogenated alkanes) is 51. The van der Waals surface area contributed by atoms with Crippen molar-refractivity contribution in [2.45, 2.75) is 379 Å². The summed E-state index contributed by atoms with van der Waals surface area (Å²) in [5.74, 6) is -0.134. The molecule has 0 radical (unpaired) electrons. The first kappa shape index (κ1) is 74.5. The Labute approximate surface area is 470 Å². The molecule has 0 saturated carbocycles. The van der Waals surface area contributed by atoms with Crippen LogP contribution < -0.4 is 5.32 Å². The van der Waals surface area contributed by atoms with Crippen molar-refractivity contribution < 1.29 is 32.9 Å². The first-order valence-corrected chi connectivity index (χ1v) is 35.4. The van der Waals surface area contributed by atoms with E-state index in [0.29, 0.717) is 23.9 Å². The number of phosphoric ester groups is 1. The molecule has 1 amide bonds. The van der Waals surface area contributed by atoms with Crippen LogP contribution in [-0.4, -0.2) is 73.4 Å². The Hall–Kier alpha value is -0.500. The highest BCUT2D eigenvalue weighted by Gasteiger charge is 2.28. The van der Waals surface area contributed by atoms with Crippen molar-refractivity contribution in [1.29, 1.82) is 0 Å². The maximum Gasteiger partial charge on any atom is 0.472 e. The highest BCUT2D eigenvalue weighted by atomic mass is 31.2. The summed E-state index contributed by atoms with van der Waals surface area (Å²) >= 11 is 0. The maximum atomic E-state index is 13.1. The Bertz CT molecular complexity index is 1180. The summed E-state index contributed by atoms with van der Waals surface area (Å²) in [6, 6.07) is -0.756. The fourth-order valence-corrected chi connectivity index (χ4v) is 11.6. The largest absolute Gasteiger partial charge is 0.472 e. The zero-order valence-corrected chi connectivity index (χ0v) is 52.5. The monoisotopic (exact) mass is 1080 g/mol. The van der Waals surface area contributed by atoms with Crippen molar-refractivity contribution in [3.05, 3.63) is 0 Å². The van der Waals surface area contributed by atoms with Crippen molar-refractivity contribution in [1.82, 2.24) is 5.32 Å². The second kappa shape index (κ2) is 58.2. The summed E-state index contributed by atoms with van der Waals surface area (Å²) in [6.07, 6.45) is 72.0. The van der Waals surface area contributed by atoms with E-state index in [9.17, 15) is 19.4 Å². The van der Waals surface area contributed by atoms with E-state index in [1.54, 1.807) is 0 Å². The van der Waals surface area contributed by atoms with Crippen LogP contribution in [-0.2, 0) is 18.4 Å². The van der Waals surface area contributed by atoms with Crippen molar-refractivity contribution >= 4 is 13.7 Å². The average Bonchev–Trinajstić information content (AvgIpc) is 3.37. The number of carbonyl (C=O) groups is 1. The normalized spacial score (nSPS) is 13.6. The van der Waals surface area contributed by atoms with E-state index in [0.717, 1.165) is 38.5 Å². The van der Waals surface area contributed by atoms with Crippen LogP contribution in [0.3, 0.4) is 0 Å². The number of hydrogen-bond donors (Lipinski definition) is 3. The number of rotatable bonds is 64. The number of aliphatic hydroxyl groups is 1. The minimum Gasteiger partial charge on any atom is -0.391 e. The molecule has 450 valence electrons. The molecule has 3 unspecified atom stereocenters. The van der Waals surface area contributed by atoms with E-state index in [-0.39, 0.29) is 19.1 Å². The van der Waals surface area contributed by atoms with E-state index in [1.807, 2.05) is 21.1 Å². The summed E-state index contributed by atoms with van der Waals surface area (Å²) in [5, 5.41) is 14.1. The molecule has 0 aromatic rings. The van der Waals surface area contributed by atoms with Gasteiger partial charge in [-0.15, -0.1) is 0 Å². The molecule has 9 heteroatoms. The van der Waals surface area contributed by atoms with Gasteiger partial charge in [-0.25, -0.2) is 4.57 Å². The molecular weight excluding hydrogens is 948 g/mol. The zero-order valence-electron chi connectivity index (χ0n) is 51.6. The van der Waals surface area contributed by atoms with E-state index in [4.69, 9.17) is 9.05 Å². The molecule has 0 rings (SSSR count). The first-order chi connectivity index (χ1) is 36.5. The molecule has 75 heavy (non-hydrogen) atoms. The van der Waals surface area contributed by atoms with Crippen molar-refractivity contribution in [3.8, 4) is 0 Å². The van der Waals surface area contributed by atoms with E-state index >= 15 is 0 Å². The van der Waals surface area contributed by atoms with Crippen molar-refractivity contribution in [3.63, 3.8) is 0 Å². The predicted octanol–water partition coefficient (Wildman–Crippen LogP) is 21.2. The van der Waals surface area contributed by atoms with Gasteiger partial charge in [-0.1, -0.05) is 348 Å². The SMILES string of the molecule is CCCCCCCCCCCCCCCCCCCCCCCCCCCCCCCCC(O)C(COP(=O)(O)OCC[N+](C)(C)C)NC(=O)CCCCCCCCCCCCCCCCCCCCCCCCC. The highest BCUT2D eigenvalue weighted by molar-refractivity contribution is 7.47. The third kappa shape index (κ3) is 61.0. The summed E-state index contributed by atoms with van der Waals surface area (Å²) in [7, 11) is 1.64. The van der Waals surface area contributed by atoms with E-state index in [1.165, 1.54) is 302 Å². The van der Waals surface area contributed by atoms with Crippen LogP contribution in [0.2, 0.25) is 0 Å². The molecule has 0 aromatic heterocycles. The van der Waals surface area contributed by atoms with Gasteiger partial charge in [0.15, 0.2) is 0 Å². The lowest BCUT2D eigenvalue weighted by molar-refractivity contribution is -0.870. The topological polar surface area (TPSA) is 105 Å². The van der Waals surface area contributed by atoms with Crippen LogP contribution in [0.5, 0.6) is 0 Å². The molecule has 0 aromatic carbocycles. The standard InChI is InChI=1S/C66H135N2O6P/c1-6-8-10-12-14-16-18-20-22-24-26-28-30-31-32-33-34-35-36-38-39-41-43-45-47-49-51-53-55-57-59-65(69)64(63-74-75(71,72)73-62-61-68(3,4)5)67-66(70)60-58-56-54-52-50-48-46-44-42-40-37-29-27-25-23-21-19-17-15-13-11-9-7-2/h64-65,69H,6-63H2,1-5H3,(H-,67,70,71,72)/p+1. The predicted molar refractivity (Wildman–Crippen MR) is 328 cm³/mol. The molecule has 0 saturated heterocycles. The number of nitrogens with one attached hydrogen (secondary N) is 1. The third-order valence-corrected chi connectivity index (χ3v) is 17.1. The number of hydrogen-bond acceptors (Lipinski definition) is 5. The Kier molecular flexibility index (Phi) is 57.8. The summed E-state index contributed by atoms with van der Waals surface area (Å²) in [5.41, 5.74) is 0. The zero-order chi connectivity index (χ0) is 54.9. The lowest BCUT2D eigenvalue weighted by Gasteiger charge is -2.26. The van der Waals surface area contributed by atoms with E-state index in [2.05, 4.69) is 19.2 Å². The lowest BCUT2D eigenvalue weighted by atomic mass is 10.0. The number of carbonyl (C=O) groups excluding carboxylic acids is 1. The van der Waals surface area contributed by atoms with Gasteiger partial charge in [0.05, 0.1) is 39.9 Å². The van der Waals surface area contributed by atoms with Crippen LogP contribution in [0.1, 0.15) is 367 Å². The fourth-order valence-electron chi connectivity index (χ4n) is 10.8. The minimum atomic E-state index is -4.32. The number of amides is 1. The molecule has 3 atom stereocenters. The Morgan fingerprint density at radius 1 is 0.400 bits per heavy atom. The van der Waals surface area contributed by atoms with Gasteiger partial charge in [-0.2, -0.15) is 0 Å². The smallest absolute Gasteiger partial charge is 0.391 e. The molecule has 0 aliphatic carbocycles. The Morgan fingerprint density at radius 3 is 0.893 bits per heavy atom. The van der Waals surface area contributed by atoms with Gasteiger partial charge in [0, 0.05) is 6.42 Å². The minimum absolute atomic E-state index is 0.0794. The summed E-state index contributed by atoms with van der Waals surface area (Å²) < 4.78 is 23.9. The average molecular weight is 1080 g/mol. The summed E-state index contributed by atoms with van der Waals surface area (Å²) in [4.78, 5) is 23.4. The molecule has 8 nitrogen and oxygen atoms in total. The maximum absolute atomic E-state index is 13.1. The van der Waals surface area contributed by atoms with Crippen LogP contribution in [0.15, 0.2) is 0 Å². The van der Waals surface area contributed by atoms with Crippen LogP contribution in [0, 0.1) is 0 Å². The number of nitrogens with zero attached hydrogens (tertiary/aromatic N) is 1. The number of phosphoric acid groups is 1. The highest BCUT2D eigenvalue weighted by Crippen LogP contribution is 2.43. The van der Waals surface area contributed by atoms with Crippen LogP contribution in [0.25, 0.3) is 0 Å². The molecule has 0 aliphatic heterocycles. The van der Waals surface area contributed by atoms with Crippen LogP contribution in [0.4, 0.5) is 0 Å². The van der Waals surface area contributed by atoms with Crippen molar-refractivity contribution in [2.24, 2.45) is 0 Å². The van der Waals surface area contributed by atoms with Gasteiger partial charge in [0.2, 0.25) is 5.91 Å². The fraction of sp³-hybridized carbons (Fsp3) is 0.985. The molecule has 0 fully saturated rings. The quantitative estimate of drug-likeness (QED) is 0.0318. The number of aliphatic hydroxyl groups excluding tert-OH is 1. The third-order valence-electron chi connectivity index (χ3n) is 16.1. The second-order valence-corrected chi connectivity index (χ2v) is 26.4. The summed E-state index contributed by atoms with van der Waals surface area (Å²) in [6.45, 7) is 4.96. The van der Waals surface area contributed by atoms with Gasteiger partial charge < -0.3 is 19.8 Å². The molecule has 0 bridgehead atoms. The number of quaternary nitrogens is 1. The van der Waals surface area contributed by atoms with Crippen molar-refractivity contribution in [2.75, 3.05) is 40.9 Å². The lowest BCUT2D eigenvalue weighted by Crippen LogP contribution is -2.46. The van der Waals surface area contributed by atoms with Gasteiger partial charge in [0.1, 0.15) is 13.2 Å². The first-order valence-electron chi connectivity index (χ1n) is 33.9. The molecular formula is C66H136N2O6P+. The van der Waals surface area contributed by atoms with Gasteiger partial charge in [0.25, 0.3) is 0 Å². The molecule has 3 N–H and O–H groups in total. The molecule has 0 spiro atoms. The van der Waals surface area contributed by atoms with Gasteiger partial charge in [-0.05, 0) is 12.8 Å². The second-order valence-electron chi connectivity index (χ2n) is 24.9. The van der Waals surface area contributed by atoms with E-state index < -0.39 is 20.0 Å². The van der Waals surface area contributed by atoms with Gasteiger partial charge >= 0.3 is 7.82 Å². The van der Waals surface area contributed by atoms with Gasteiger partial charge in [-0.3, -0.25) is 13.8 Å². The molecule has 0 heterocycles. The Morgan fingerprint density at radius 2 is 0.640 bits per heavy atom. The Balaban J connectivity index is 4.00.